The van der Waals surface area contributed by atoms with E-state index >= 15 is 0 Å². The Kier molecular flexibility index (Phi) is 5.98. The number of nitro groups is 1. The van der Waals surface area contributed by atoms with Gasteiger partial charge in [0.25, 0.3) is 5.69 Å². The van der Waals surface area contributed by atoms with Crippen molar-refractivity contribution in [3.05, 3.63) is 63.1 Å². The lowest BCUT2D eigenvalue weighted by atomic mass is 10.2. The first-order chi connectivity index (χ1) is 13.7. The van der Waals surface area contributed by atoms with Crippen LogP contribution in [0.4, 0.5) is 29.8 Å². The first kappa shape index (κ1) is 20.5. The molecule has 3 N–H and O–H groups in total. The SMILES string of the molecule is Nc1csc(NN=Cc2cc([N+](=O)[O-])ccc2Sc2ccc(C(F)(F)F)cn2)n1. The summed E-state index contributed by atoms with van der Waals surface area (Å²) in [4.78, 5) is 18.8. The summed E-state index contributed by atoms with van der Waals surface area (Å²) in [6.45, 7) is 0. The number of hydrogen-bond donors (Lipinski definition) is 2. The Morgan fingerprint density at radius 2 is 2.10 bits per heavy atom. The van der Waals surface area contributed by atoms with Crippen molar-refractivity contribution in [2.24, 2.45) is 5.10 Å². The lowest BCUT2D eigenvalue weighted by Gasteiger charge is -2.08. The van der Waals surface area contributed by atoms with Crippen molar-refractivity contribution in [1.82, 2.24) is 9.97 Å². The second kappa shape index (κ2) is 8.45. The number of thiazole rings is 1. The van der Waals surface area contributed by atoms with Crippen LogP contribution in [0.25, 0.3) is 0 Å². The second-order valence-corrected chi connectivity index (χ2v) is 7.33. The van der Waals surface area contributed by atoms with Gasteiger partial charge in [-0.05, 0) is 18.2 Å². The summed E-state index contributed by atoms with van der Waals surface area (Å²) >= 11 is 2.28. The number of pyridine rings is 1. The van der Waals surface area contributed by atoms with Crippen LogP contribution in [0.3, 0.4) is 0 Å². The standard InChI is InChI=1S/C16H11F3N6O2S2/c17-16(18,19)10-1-4-14(21-7-10)29-12-3-2-11(25(26)27)5-9(12)6-22-24-15-23-13(20)8-28-15/h1-8H,20H2,(H,23,24). The molecular weight excluding hydrogens is 429 g/mol. The van der Waals surface area contributed by atoms with Crippen molar-refractivity contribution in [2.45, 2.75) is 16.1 Å². The van der Waals surface area contributed by atoms with E-state index in [1.165, 1.54) is 41.8 Å². The molecule has 3 aromatic rings. The Hall–Kier alpha value is -3.19. The number of aromatic nitrogens is 2. The van der Waals surface area contributed by atoms with Crippen LogP contribution in [-0.4, -0.2) is 21.1 Å². The van der Waals surface area contributed by atoms with E-state index in [1.54, 1.807) is 5.38 Å². The number of nitro benzene ring substituents is 1. The molecule has 0 aliphatic carbocycles. The molecule has 0 saturated carbocycles. The predicted molar refractivity (Wildman–Crippen MR) is 104 cm³/mol. The number of rotatable bonds is 6. The van der Waals surface area contributed by atoms with Gasteiger partial charge in [-0.2, -0.15) is 18.3 Å². The van der Waals surface area contributed by atoms with Gasteiger partial charge in [-0.1, -0.05) is 11.8 Å². The molecule has 29 heavy (non-hydrogen) atoms. The molecule has 0 saturated heterocycles. The van der Waals surface area contributed by atoms with Crippen LogP contribution in [0, 0.1) is 10.1 Å². The zero-order valence-corrected chi connectivity index (χ0v) is 15.9. The normalized spacial score (nSPS) is 11.7. The predicted octanol–water partition coefficient (Wildman–Crippen LogP) is 4.64. The Balaban J connectivity index is 1.84. The lowest BCUT2D eigenvalue weighted by Crippen LogP contribution is -2.05. The number of hydrazone groups is 1. The first-order valence-corrected chi connectivity index (χ1v) is 9.41. The van der Waals surface area contributed by atoms with Gasteiger partial charge in [0.15, 0.2) is 0 Å². The molecule has 0 aliphatic heterocycles. The highest BCUT2D eigenvalue weighted by Crippen LogP contribution is 2.33. The highest BCUT2D eigenvalue weighted by Gasteiger charge is 2.30. The minimum absolute atomic E-state index is 0.158. The summed E-state index contributed by atoms with van der Waals surface area (Å²) in [6.07, 6.45) is -2.40. The third kappa shape index (κ3) is 5.42. The Morgan fingerprint density at radius 3 is 2.69 bits per heavy atom. The number of anilines is 2. The van der Waals surface area contributed by atoms with E-state index in [0.717, 1.165) is 24.0 Å². The van der Waals surface area contributed by atoms with E-state index in [1.807, 2.05) is 0 Å². The van der Waals surface area contributed by atoms with Gasteiger partial charge >= 0.3 is 6.18 Å². The van der Waals surface area contributed by atoms with E-state index < -0.39 is 16.7 Å². The van der Waals surface area contributed by atoms with Gasteiger partial charge in [-0.15, -0.1) is 11.3 Å². The fraction of sp³-hybridized carbons (Fsp3) is 0.0625. The number of nitrogens with two attached hydrogens (primary N) is 1. The summed E-state index contributed by atoms with van der Waals surface area (Å²) in [5, 5.41) is 17.4. The zero-order valence-electron chi connectivity index (χ0n) is 14.3. The summed E-state index contributed by atoms with van der Waals surface area (Å²) in [7, 11) is 0. The summed E-state index contributed by atoms with van der Waals surface area (Å²) < 4.78 is 38.0. The molecule has 1 aromatic carbocycles. The van der Waals surface area contributed by atoms with Gasteiger partial charge in [-0.3, -0.25) is 15.5 Å². The van der Waals surface area contributed by atoms with Gasteiger partial charge in [0.2, 0.25) is 5.13 Å². The van der Waals surface area contributed by atoms with E-state index in [2.05, 4.69) is 20.5 Å². The summed E-state index contributed by atoms with van der Waals surface area (Å²) in [5.74, 6) is 0.327. The number of nitrogens with zero attached hydrogens (tertiary/aromatic N) is 4. The largest absolute Gasteiger partial charge is 0.417 e. The molecule has 0 fully saturated rings. The molecule has 3 rings (SSSR count). The van der Waals surface area contributed by atoms with Gasteiger partial charge in [0.05, 0.1) is 16.7 Å². The smallest absolute Gasteiger partial charge is 0.383 e. The number of hydrogen-bond acceptors (Lipinski definition) is 9. The molecule has 2 heterocycles. The molecule has 0 amide bonds. The van der Waals surface area contributed by atoms with Crippen molar-refractivity contribution < 1.29 is 18.1 Å². The maximum absolute atomic E-state index is 12.7. The molecule has 0 unspecified atom stereocenters. The highest BCUT2D eigenvalue weighted by molar-refractivity contribution is 7.99. The zero-order chi connectivity index (χ0) is 21.0. The molecule has 0 radical (unpaired) electrons. The number of non-ortho nitro benzene ring substituents is 1. The molecule has 0 atom stereocenters. The van der Waals surface area contributed by atoms with Crippen LogP contribution in [0.15, 0.2) is 56.9 Å². The van der Waals surface area contributed by atoms with Gasteiger partial charge in [0, 0.05) is 34.2 Å². The summed E-state index contributed by atoms with van der Waals surface area (Å²) in [6, 6.07) is 6.22. The Labute approximate surface area is 169 Å². The lowest BCUT2D eigenvalue weighted by molar-refractivity contribution is -0.384. The average molecular weight is 440 g/mol. The average Bonchev–Trinajstić information content (AvgIpc) is 3.07. The van der Waals surface area contributed by atoms with Gasteiger partial charge in [0.1, 0.15) is 10.8 Å². The van der Waals surface area contributed by atoms with Crippen LogP contribution in [0.2, 0.25) is 0 Å². The van der Waals surface area contributed by atoms with E-state index in [0.29, 0.717) is 26.4 Å². The van der Waals surface area contributed by atoms with Gasteiger partial charge in [-0.25, -0.2) is 9.97 Å². The monoisotopic (exact) mass is 440 g/mol. The number of nitrogen functional groups attached to an aromatic ring is 1. The highest BCUT2D eigenvalue weighted by atomic mass is 32.2. The molecular formula is C16H11F3N6O2S2. The number of halogens is 3. The Morgan fingerprint density at radius 1 is 1.31 bits per heavy atom. The van der Waals surface area contributed by atoms with E-state index in [9.17, 15) is 23.3 Å². The Bertz CT molecular complexity index is 1050. The van der Waals surface area contributed by atoms with Crippen molar-refractivity contribution in [1.29, 1.82) is 0 Å². The van der Waals surface area contributed by atoms with Crippen molar-refractivity contribution in [3.8, 4) is 0 Å². The van der Waals surface area contributed by atoms with Crippen LogP contribution >= 0.6 is 23.1 Å². The van der Waals surface area contributed by atoms with Crippen LogP contribution in [0.5, 0.6) is 0 Å². The maximum atomic E-state index is 12.7. The number of nitrogens with one attached hydrogen (secondary N) is 1. The topological polar surface area (TPSA) is 119 Å². The third-order valence-corrected chi connectivity index (χ3v) is 5.18. The van der Waals surface area contributed by atoms with Crippen LogP contribution in [-0.2, 0) is 6.18 Å². The van der Waals surface area contributed by atoms with Crippen molar-refractivity contribution in [3.63, 3.8) is 0 Å². The van der Waals surface area contributed by atoms with Crippen molar-refractivity contribution >= 4 is 46.0 Å². The van der Waals surface area contributed by atoms with E-state index in [4.69, 9.17) is 5.73 Å². The van der Waals surface area contributed by atoms with Gasteiger partial charge < -0.3 is 5.73 Å². The molecule has 0 bridgehead atoms. The maximum Gasteiger partial charge on any atom is 0.417 e. The quantitative estimate of drug-likeness (QED) is 0.325. The third-order valence-electron chi connectivity index (χ3n) is 3.37. The fourth-order valence-electron chi connectivity index (χ4n) is 2.06. The molecule has 0 spiro atoms. The molecule has 0 aliphatic rings. The second-order valence-electron chi connectivity index (χ2n) is 5.41. The minimum atomic E-state index is -4.48. The van der Waals surface area contributed by atoms with Crippen LogP contribution in [0.1, 0.15) is 11.1 Å². The first-order valence-electron chi connectivity index (χ1n) is 7.72. The molecule has 13 heteroatoms. The number of benzene rings is 1. The van der Waals surface area contributed by atoms with Crippen molar-refractivity contribution in [2.75, 3.05) is 11.2 Å². The van der Waals surface area contributed by atoms with Crippen LogP contribution < -0.4 is 11.2 Å². The fourth-order valence-corrected chi connectivity index (χ4v) is 3.44. The summed E-state index contributed by atoms with van der Waals surface area (Å²) in [5.41, 5.74) is 7.53. The number of alkyl halides is 3. The van der Waals surface area contributed by atoms with E-state index in [-0.39, 0.29) is 5.69 Å². The minimum Gasteiger partial charge on any atom is -0.383 e. The molecule has 2 aromatic heterocycles. The molecule has 150 valence electrons. The molecule has 8 nitrogen and oxygen atoms in total.